The molecule has 1 N–H and O–H groups in total. The maximum absolute atomic E-state index is 11.6. The SMILES string of the molecule is C=C(C(=O)OCC)n1c(=O)[nH]cc(C)c1=O. The molecule has 6 heteroatoms. The summed E-state index contributed by atoms with van der Waals surface area (Å²) in [5.41, 5.74) is -1.28. The molecule has 0 bridgehead atoms. The third kappa shape index (κ3) is 2.10. The lowest BCUT2D eigenvalue weighted by atomic mass is 10.3. The maximum atomic E-state index is 11.6. The number of aryl methyl sites for hydroxylation is 1. The Hall–Kier alpha value is -2.11. The zero-order valence-corrected chi connectivity index (χ0v) is 9.07. The van der Waals surface area contributed by atoms with Gasteiger partial charge >= 0.3 is 11.7 Å². The zero-order chi connectivity index (χ0) is 12.3. The lowest BCUT2D eigenvalue weighted by Gasteiger charge is -2.07. The number of carbonyl (C=O) groups excluding carboxylic acids is 1. The van der Waals surface area contributed by atoms with Crippen LogP contribution in [0.2, 0.25) is 0 Å². The molecule has 0 saturated carbocycles. The predicted octanol–water partition coefficient (Wildman–Crippen LogP) is -0.121. The number of aromatic amines is 1. The molecule has 0 saturated heterocycles. The molecule has 86 valence electrons. The predicted molar refractivity (Wildman–Crippen MR) is 58.0 cm³/mol. The molecule has 0 aliphatic rings. The number of hydrogen-bond donors (Lipinski definition) is 1. The number of ether oxygens (including phenoxy) is 1. The van der Waals surface area contributed by atoms with Crippen LogP contribution in [-0.2, 0) is 9.53 Å². The second kappa shape index (κ2) is 4.61. The van der Waals surface area contributed by atoms with Crippen molar-refractivity contribution in [1.82, 2.24) is 9.55 Å². The molecule has 1 aromatic heterocycles. The van der Waals surface area contributed by atoms with Crippen molar-refractivity contribution in [3.63, 3.8) is 0 Å². The quantitative estimate of drug-likeness (QED) is 0.573. The average molecular weight is 224 g/mol. The molecule has 0 radical (unpaired) electrons. The number of nitrogens with one attached hydrogen (secondary N) is 1. The molecular weight excluding hydrogens is 212 g/mol. The topological polar surface area (TPSA) is 81.2 Å². The van der Waals surface area contributed by atoms with Gasteiger partial charge in [-0.05, 0) is 13.8 Å². The molecule has 1 rings (SSSR count). The summed E-state index contributed by atoms with van der Waals surface area (Å²) < 4.78 is 5.32. The Labute approximate surface area is 91.2 Å². The van der Waals surface area contributed by atoms with Gasteiger partial charge in [-0.15, -0.1) is 0 Å². The number of rotatable bonds is 3. The highest BCUT2D eigenvalue weighted by atomic mass is 16.5. The fourth-order valence-electron chi connectivity index (χ4n) is 1.12. The van der Waals surface area contributed by atoms with Gasteiger partial charge in [-0.3, -0.25) is 4.79 Å². The van der Waals surface area contributed by atoms with Crippen molar-refractivity contribution in [2.24, 2.45) is 0 Å². The van der Waals surface area contributed by atoms with Crippen molar-refractivity contribution in [1.29, 1.82) is 0 Å². The highest BCUT2D eigenvalue weighted by Crippen LogP contribution is 1.97. The minimum atomic E-state index is -0.791. The summed E-state index contributed by atoms with van der Waals surface area (Å²) in [4.78, 5) is 36.6. The fourth-order valence-corrected chi connectivity index (χ4v) is 1.12. The standard InChI is InChI=1S/C10H12N2O4/c1-4-16-9(14)7(3)12-8(13)6(2)5-11-10(12)15/h5H,3-4H2,1-2H3,(H,11,15). The van der Waals surface area contributed by atoms with E-state index in [1.54, 1.807) is 6.92 Å². The van der Waals surface area contributed by atoms with E-state index in [-0.39, 0.29) is 12.3 Å². The van der Waals surface area contributed by atoms with E-state index in [1.807, 2.05) is 0 Å². The van der Waals surface area contributed by atoms with E-state index in [1.165, 1.54) is 13.1 Å². The van der Waals surface area contributed by atoms with Gasteiger partial charge in [0.15, 0.2) is 0 Å². The second-order valence-corrected chi connectivity index (χ2v) is 3.08. The van der Waals surface area contributed by atoms with Crippen molar-refractivity contribution in [2.45, 2.75) is 13.8 Å². The van der Waals surface area contributed by atoms with Crippen LogP contribution in [0.3, 0.4) is 0 Å². The number of esters is 1. The summed E-state index contributed by atoms with van der Waals surface area (Å²) in [6, 6.07) is 0. The first-order valence-corrected chi connectivity index (χ1v) is 4.66. The highest BCUT2D eigenvalue weighted by molar-refractivity contribution is 6.08. The molecule has 1 heterocycles. The van der Waals surface area contributed by atoms with Gasteiger partial charge in [0, 0.05) is 11.8 Å². The smallest absolute Gasteiger partial charge is 0.354 e. The Kier molecular flexibility index (Phi) is 3.44. The van der Waals surface area contributed by atoms with Crippen molar-refractivity contribution >= 4 is 11.7 Å². The summed E-state index contributed by atoms with van der Waals surface area (Å²) in [7, 11) is 0. The number of hydrogen-bond acceptors (Lipinski definition) is 4. The van der Waals surface area contributed by atoms with Crippen LogP contribution in [-0.4, -0.2) is 22.1 Å². The van der Waals surface area contributed by atoms with E-state index in [4.69, 9.17) is 0 Å². The molecule has 0 atom stereocenters. The van der Waals surface area contributed by atoms with Crippen molar-refractivity contribution in [3.05, 3.63) is 39.2 Å². The zero-order valence-electron chi connectivity index (χ0n) is 9.07. The van der Waals surface area contributed by atoms with Gasteiger partial charge in [-0.1, -0.05) is 6.58 Å². The monoisotopic (exact) mass is 224 g/mol. The molecule has 0 amide bonds. The first kappa shape index (κ1) is 12.0. The summed E-state index contributed by atoms with van der Waals surface area (Å²) >= 11 is 0. The molecule has 1 aromatic rings. The van der Waals surface area contributed by atoms with E-state index in [0.29, 0.717) is 10.1 Å². The second-order valence-electron chi connectivity index (χ2n) is 3.08. The molecule has 16 heavy (non-hydrogen) atoms. The Balaban J connectivity index is 3.29. The lowest BCUT2D eigenvalue weighted by molar-refractivity contribution is -0.136. The molecule has 0 aromatic carbocycles. The lowest BCUT2D eigenvalue weighted by Crippen LogP contribution is -2.37. The van der Waals surface area contributed by atoms with Crippen molar-refractivity contribution in [3.8, 4) is 0 Å². The molecule has 0 aliphatic carbocycles. The number of aromatic nitrogens is 2. The summed E-state index contributed by atoms with van der Waals surface area (Å²) in [5, 5.41) is 0. The van der Waals surface area contributed by atoms with Crippen LogP contribution < -0.4 is 11.2 Å². The summed E-state index contributed by atoms with van der Waals surface area (Å²) in [6.45, 7) is 6.66. The van der Waals surface area contributed by atoms with E-state index in [2.05, 4.69) is 16.3 Å². The third-order valence-electron chi connectivity index (χ3n) is 1.94. The van der Waals surface area contributed by atoms with Gasteiger partial charge < -0.3 is 9.72 Å². The number of H-pyrrole nitrogens is 1. The summed E-state index contributed by atoms with van der Waals surface area (Å²) in [5.74, 6) is -0.791. The minimum Gasteiger partial charge on any atom is -0.461 e. The maximum Gasteiger partial charge on any atom is 0.354 e. The highest BCUT2D eigenvalue weighted by Gasteiger charge is 2.15. The molecule has 0 unspecified atom stereocenters. The average Bonchev–Trinajstić information content (AvgIpc) is 2.24. The van der Waals surface area contributed by atoms with Crippen LogP contribution in [0, 0.1) is 6.92 Å². The molecular formula is C10H12N2O4. The largest absolute Gasteiger partial charge is 0.461 e. The van der Waals surface area contributed by atoms with Gasteiger partial charge in [-0.2, -0.15) is 0 Å². The molecule has 0 spiro atoms. The van der Waals surface area contributed by atoms with E-state index >= 15 is 0 Å². The van der Waals surface area contributed by atoms with E-state index in [0.717, 1.165) is 0 Å². The number of nitrogens with zero attached hydrogens (tertiary/aromatic N) is 1. The Morgan fingerprint density at radius 2 is 2.19 bits per heavy atom. The van der Waals surface area contributed by atoms with E-state index < -0.39 is 17.2 Å². The van der Waals surface area contributed by atoms with Crippen LogP contribution in [0.4, 0.5) is 0 Å². The number of carbonyl (C=O) groups is 1. The van der Waals surface area contributed by atoms with Crippen LogP contribution in [0.15, 0.2) is 22.4 Å². The van der Waals surface area contributed by atoms with Gasteiger partial charge in [0.25, 0.3) is 5.56 Å². The molecule has 0 aliphatic heterocycles. The molecule has 0 fully saturated rings. The Morgan fingerprint density at radius 1 is 1.56 bits per heavy atom. The van der Waals surface area contributed by atoms with E-state index in [9.17, 15) is 14.4 Å². The van der Waals surface area contributed by atoms with Crippen molar-refractivity contribution in [2.75, 3.05) is 6.61 Å². The van der Waals surface area contributed by atoms with Crippen molar-refractivity contribution < 1.29 is 9.53 Å². The van der Waals surface area contributed by atoms with Crippen LogP contribution in [0.5, 0.6) is 0 Å². The van der Waals surface area contributed by atoms with Crippen LogP contribution >= 0.6 is 0 Å². The summed E-state index contributed by atoms with van der Waals surface area (Å²) in [6.07, 6.45) is 1.28. The van der Waals surface area contributed by atoms with Gasteiger partial charge in [0.05, 0.1) is 6.61 Å². The Morgan fingerprint density at radius 3 is 2.75 bits per heavy atom. The normalized spacial score (nSPS) is 9.88. The fraction of sp³-hybridized carbons (Fsp3) is 0.300. The first-order valence-electron chi connectivity index (χ1n) is 4.66. The minimum absolute atomic E-state index is 0.149. The van der Waals surface area contributed by atoms with Gasteiger partial charge in [0.2, 0.25) is 0 Å². The first-order chi connectivity index (χ1) is 7.49. The van der Waals surface area contributed by atoms with Gasteiger partial charge in [-0.25, -0.2) is 14.2 Å². The van der Waals surface area contributed by atoms with Crippen LogP contribution in [0.1, 0.15) is 12.5 Å². The molecule has 6 nitrogen and oxygen atoms in total. The third-order valence-corrected chi connectivity index (χ3v) is 1.94. The Bertz CT molecular complexity index is 538. The van der Waals surface area contributed by atoms with Crippen LogP contribution in [0.25, 0.3) is 5.70 Å². The van der Waals surface area contributed by atoms with Gasteiger partial charge in [0.1, 0.15) is 5.70 Å².